The van der Waals surface area contributed by atoms with Gasteiger partial charge in [0.05, 0.1) is 25.4 Å². The molecule has 0 fully saturated rings. The van der Waals surface area contributed by atoms with Crippen LogP contribution in [0.2, 0.25) is 5.02 Å². The molecule has 5 rings (SSSR count). The van der Waals surface area contributed by atoms with Gasteiger partial charge in [-0.25, -0.2) is 4.98 Å². The van der Waals surface area contributed by atoms with E-state index in [9.17, 15) is 4.79 Å². The number of hydrogen-bond donors (Lipinski definition) is 0. The first-order valence-electron chi connectivity index (χ1n) is 9.45. The number of thiophene rings is 1. The second kappa shape index (κ2) is 8.02. The molecule has 3 aromatic heterocycles. The van der Waals surface area contributed by atoms with E-state index in [1.54, 1.807) is 13.4 Å². The number of nitrogens with zero attached hydrogens (tertiary/aromatic N) is 3. The number of aromatic nitrogens is 3. The molecule has 0 amide bonds. The highest BCUT2D eigenvalue weighted by Gasteiger charge is 2.15. The van der Waals surface area contributed by atoms with Gasteiger partial charge in [0.15, 0.2) is 5.76 Å². The summed E-state index contributed by atoms with van der Waals surface area (Å²) in [7, 11) is 1.62. The predicted octanol–water partition coefficient (Wildman–Crippen LogP) is 5.49. The SMILES string of the molecule is COc1ccc(-c2cc(Cn3cnc4scc(-c5ccc(Cl)cc5)c4c3=O)on2)cc1. The lowest BCUT2D eigenvalue weighted by atomic mass is 10.1. The molecule has 0 saturated heterocycles. The minimum Gasteiger partial charge on any atom is -0.497 e. The molecular weight excluding hydrogens is 434 g/mol. The van der Waals surface area contributed by atoms with Crippen LogP contribution in [0.5, 0.6) is 5.75 Å². The molecule has 5 aromatic rings. The molecule has 0 spiro atoms. The number of hydrogen-bond acceptors (Lipinski definition) is 6. The Kier molecular flexibility index (Phi) is 5.05. The fourth-order valence-corrected chi connectivity index (χ4v) is 4.41. The lowest BCUT2D eigenvalue weighted by Gasteiger charge is -2.04. The Labute approximate surface area is 186 Å². The van der Waals surface area contributed by atoms with E-state index in [-0.39, 0.29) is 12.1 Å². The average molecular weight is 450 g/mol. The molecular formula is C23H16ClN3O3S. The van der Waals surface area contributed by atoms with Gasteiger partial charge in [0.1, 0.15) is 16.3 Å². The van der Waals surface area contributed by atoms with Crippen LogP contribution >= 0.6 is 22.9 Å². The zero-order chi connectivity index (χ0) is 21.4. The van der Waals surface area contributed by atoms with E-state index in [0.717, 1.165) is 22.4 Å². The first-order chi connectivity index (χ1) is 15.1. The van der Waals surface area contributed by atoms with E-state index in [1.807, 2.05) is 60.0 Å². The Balaban J connectivity index is 1.48. The van der Waals surface area contributed by atoms with Gasteiger partial charge >= 0.3 is 0 Å². The number of benzene rings is 2. The van der Waals surface area contributed by atoms with Crippen LogP contribution in [0.15, 0.2) is 75.6 Å². The van der Waals surface area contributed by atoms with Crippen molar-refractivity contribution in [2.45, 2.75) is 6.54 Å². The molecule has 3 heterocycles. The van der Waals surface area contributed by atoms with Gasteiger partial charge in [-0.2, -0.15) is 0 Å². The van der Waals surface area contributed by atoms with Crippen molar-refractivity contribution >= 4 is 33.2 Å². The van der Waals surface area contributed by atoms with Gasteiger partial charge < -0.3 is 9.26 Å². The van der Waals surface area contributed by atoms with Crippen molar-refractivity contribution in [1.82, 2.24) is 14.7 Å². The monoisotopic (exact) mass is 449 g/mol. The summed E-state index contributed by atoms with van der Waals surface area (Å²) in [4.78, 5) is 18.4. The molecule has 0 aliphatic heterocycles. The van der Waals surface area contributed by atoms with E-state index in [2.05, 4.69) is 10.1 Å². The van der Waals surface area contributed by atoms with Crippen LogP contribution in [0.4, 0.5) is 0 Å². The maximum absolute atomic E-state index is 13.2. The van der Waals surface area contributed by atoms with Crippen LogP contribution in [0.3, 0.4) is 0 Å². The molecule has 31 heavy (non-hydrogen) atoms. The minimum absolute atomic E-state index is 0.126. The Bertz CT molecular complexity index is 1420. The summed E-state index contributed by atoms with van der Waals surface area (Å²) >= 11 is 7.44. The molecule has 0 unspecified atom stereocenters. The highest BCUT2D eigenvalue weighted by Crippen LogP contribution is 2.31. The average Bonchev–Trinajstić information content (AvgIpc) is 3.44. The van der Waals surface area contributed by atoms with Crippen molar-refractivity contribution in [2.24, 2.45) is 0 Å². The first kappa shape index (κ1) is 19.5. The third-order valence-corrected chi connectivity index (χ3v) is 6.13. The zero-order valence-corrected chi connectivity index (χ0v) is 18.0. The van der Waals surface area contributed by atoms with Crippen molar-refractivity contribution in [1.29, 1.82) is 0 Å². The number of methoxy groups -OCH3 is 1. The molecule has 0 bridgehead atoms. The van der Waals surface area contributed by atoms with Gasteiger partial charge in [-0.15, -0.1) is 11.3 Å². The number of fused-ring (bicyclic) bond motifs is 1. The maximum Gasteiger partial charge on any atom is 0.263 e. The van der Waals surface area contributed by atoms with Crippen molar-refractivity contribution in [2.75, 3.05) is 7.11 Å². The number of halogens is 1. The van der Waals surface area contributed by atoms with Crippen molar-refractivity contribution in [3.8, 4) is 28.1 Å². The maximum atomic E-state index is 13.2. The minimum atomic E-state index is -0.126. The number of ether oxygens (including phenoxy) is 1. The molecule has 0 aliphatic carbocycles. The highest BCUT2D eigenvalue weighted by molar-refractivity contribution is 7.17. The van der Waals surface area contributed by atoms with Crippen molar-refractivity contribution < 1.29 is 9.26 Å². The number of rotatable bonds is 5. The van der Waals surface area contributed by atoms with E-state index in [0.29, 0.717) is 26.7 Å². The molecule has 0 radical (unpaired) electrons. The van der Waals surface area contributed by atoms with E-state index in [1.165, 1.54) is 15.9 Å². The van der Waals surface area contributed by atoms with Gasteiger partial charge in [-0.3, -0.25) is 9.36 Å². The Morgan fingerprint density at radius 3 is 2.58 bits per heavy atom. The Hall–Kier alpha value is -3.42. The van der Waals surface area contributed by atoms with Gasteiger partial charge in [-0.05, 0) is 42.0 Å². The van der Waals surface area contributed by atoms with Crippen LogP contribution < -0.4 is 10.3 Å². The quantitative estimate of drug-likeness (QED) is 0.355. The fourth-order valence-electron chi connectivity index (χ4n) is 3.38. The molecule has 0 atom stereocenters. The summed E-state index contributed by atoms with van der Waals surface area (Å²) in [5.74, 6) is 1.34. The van der Waals surface area contributed by atoms with Gasteiger partial charge in [-0.1, -0.05) is 28.9 Å². The molecule has 6 nitrogen and oxygen atoms in total. The second-order valence-corrected chi connectivity index (χ2v) is 8.22. The molecule has 0 N–H and O–H groups in total. The standard InChI is InChI=1S/C23H16ClN3O3S/c1-29-17-8-4-15(5-9-17)20-10-18(30-26-20)11-27-13-25-22-21(23(27)28)19(12-31-22)14-2-6-16(24)7-3-14/h2-10,12-13H,11H2,1H3. The highest BCUT2D eigenvalue weighted by atomic mass is 35.5. The fraction of sp³-hybridized carbons (Fsp3) is 0.0870. The van der Waals surface area contributed by atoms with Crippen LogP contribution in [0.1, 0.15) is 5.76 Å². The van der Waals surface area contributed by atoms with E-state index >= 15 is 0 Å². The summed E-state index contributed by atoms with van der Waals surface area (Å²) in [5, 5.41) is 7.32. The smallest absolute Gasteiger partial charge is 0.263 e. The molecule has 2 aromatic carbocycles. The summed E-state index contributed by atoms with van der Waals surface area (Å²) in [6, 6.07) is 16.8. The van der Waals surface area contributed by atoms with E-state index < -0.39 is 0 Å². The van der Waals surface area contributed by atoms with E-state index in [4.69, 9.17) is 20.9 Å². The van der Waals surface area contributed by atoms with Crippen molar-refractivity contribution in [3.63, 3.8) is 0 Å². The first-order valence-corrected chi connectivity index (χ1v) is 10.7. The van der Waals surface area contributed by atoms with Gasteiger partial charge in [0.2, 0.25) is 0 Å². The van der Waals surface area contributed by atoms with Gasteiger partial charge in [0, 0.05) is 27.6 Å². The predicted molar refractivity (Wildman–Crippen MR) is 122 cm³/mol. The van der Waals surface area contributed by atoms with Crippen LogP contribution in [0, 0.1) is 0 Å². The van der Waals surface area contributed by atoms with Crippen molar-refractivity contribution in [3.05, 3.63) is 87.4 Å². The summed E-state index contributed by atoms with van der Waals surface area (Å²) in [6.45, 7) is 0.237. The molecule has 8 heteroatoms. The molecule has 0 saturated carbocycles. The third kappa shape index (κ3) is 3.73. The normalized spacial score (nSPS) is 11.2. The Morgan fingerprint density at radius 1 is 1.10 bits per heavy atom. The summed E-state index contributed by atoms with van der Waals surface area (Å²) < 4.78 is 12.2. The van der Waals surface area contributed by atoms with Crippen LogP contribution in [-0.4, -0.2) is 21.8 Å². The lowest BCUT2D eigenvalue weighted by Crippen LogP contribution is -2.20. The molecule has 154 valence electrons. The van der Waals surface area contributed by atoms with Gasteiger partial charge in [0.25, 0.3) is 5.56 Å². The zero-order valence-electron chi connectivity index (χ0n) is 16.4. The topological polar surface area (TPSA) is 70.2 Å². The van der Waals surface area contributed by atoms with Crippen LogP contribution in [0.25, 0.3) is 32.6 Å². The second-order valence-electron chi connectivity index (χ2n) is 6.92. The Morgan fingerprint density at radius 2 is 1.84 bits per heavy atom. The largest absolute Gasteiger partial charge is 0.497 e. The molecule has 0 aliphatic rings. The lowest BCUT2D eigenvalue weighted by molar-refractivity contribution is 0.376. The summed E-state index contributed by atoms with van der Waals surface area (Å²) in [6.07, 6.45) is 1.54. The van der Waals surface area contributed by atoms with Crippen LogP contribution in [-0.2, 0) is 6.54 Å². The summed E-state index contributed by atoms with van der Waals surface area (Å²) in [5.41, 5.74) is 3.24. The third-order valence-electron chi connectivity index (χ3n) is 4.99.